The third-order valence-electron chi connectivity index (χ3n) is 6.12. The van der Waals surface area contributed by atoms with Gasteiger partial charge in [0.1, 0.15) is 12.1 Å². The highest BCUT2D eigenvalue weighted by molar-refractivity contribution is 5.79. The van der Waals surface area contributed by atoms with Crippen molar-refractivity contribution in [2.45, 2.75) is 52.0 Å². The summed E-state index contributed by atoms with van der Waals surface area (Å²) in [7, 11) is 0. The molecule has 1 aromatic carbocycles. The number of rotatable bonds is 4. The minimum atomic E-state index is -0.427. The molecule has 4 rings (SSSR count). The van der Waals surface area contributed by atoms with Gasteiger partial charge in [-0.05, 0) is 44.4 Å². The largest absolute Gasteiger partial charge is 0.436 e. The molecule has 160 valence electrons. The fourth-order valence-electron chi connectivity index (χ4n) is 4.44. The number of hydrogen-bond acceptors (Lipinski definition) is 5. The molecule has 0 spiro atoms. The van der Waals surface area contributed by atoms with Gasteiger partial charge in [-0.15, -0.1) is 0 Å². The van der Waals surface area contributed by atoms with Crippen molar-refractivity contribution in [3.05, 3.63) is 42.0 Å². The first-order valence-corrected chi connectivity index (χ1v) is 10.8. The number of aryl methyl sites for hydroxylation is 1. The summed E-state index contributed by atoms with van der Waals surface area (Å²) < 4.78 is 19.7. The number of amides is 1. The van der Waals surface area contributed by atoms with Crippen LogP contribution in [0, 0.1) is 18.7 Å². The molecule has 0 bridgehead atoms. The van der Waals surface area contributed by atoms with Gasteiger partial charge in [0.2, 0.25) is 11.8 Å². The molecule has 1 aromatic heterocycles. The lowest BCUT2D eigenvalue weighted by Gasteiger charge is -2.42. The number of aromatic nitrogens is 2. The van der Waals surface area contributed by atoms with Crippen molar-refractivity contribution in [1.82, 2.24) is 14.9 Å². The predicted octanol–water partition coefficient (Wildman–Crippen LogP) is 4.33. The molecule has 1 saturated heterocycles. The Morgan fingerprint density at radius 2 is 1.93 bits per heavy atom. The van der Waals surface area contributed by atoms with Crippen molar-refractivity contribution < 1.29 is 13.9 Å². The molecule has 1 unspecified atom stereocenters. The number of nitrogens with zero attached hydrogens (tertiary/aromatic N) is 4. The maximum atomic E-state index is 14.0. The zero-order chi connectivity index (χ0) is 21.1. The average molecular weight is 413 g/mol. The minimum absolute atomic E-state index is 0.113. The monoisotopic (exact) mass is 412 g/mol. The Morgan fingerprint density at radius 3 is 2.70 bits per heavy atom. The van der Waals surface area contributed by atoms with E-state index >= 15 is 0 Å². The van der Waals surface area contributed by atoms with E-state index in [0.717, 1.165) is 37.1 Å². The van der Waals surface area contributed by atoms with Crippen LogP contribution in [0.4, 0.5) is 10.2 Å². The van der Waals surface area contributed by atoms with E-state index < -0.39 is 5.82 Å². The molecule has 1 amide bonds. The van der Waals surface area contributed by atoms with Gasteiger partial charge in [0.05, 0.1) is 0 Å². The number of benzene rings is 1. The second kappa shape index (κ2) is 8.98. The fraction of sp³-hybridized carbons (Fsp3) is 0.522. The highest BCUT2D eigenvalue weighted by Gasteiger charge is 2.32. The van der Waals surface area contributed by atoms with E-state index in [9.17, 15) is 9.18 Å². The molecular formula is C23H29FN4O2. The van der Waals surface area contributed by atoms with Crippen LogP contribution in [-0.2, 0) is 4.79 Å². The standard InChI is InChI=1S/C23H29FN4O2/c1-16-8-9-19(24)20(12-16)30-22-13-21(25-15-26-22)27-10-11-28(17(2)14-27)23(29)18-6-4-3-5-7-18/h8-9,12-13,15,17-18H,3-7,10-11,14H2,1-2H3. The molecule has 2 aromatic rings. The Balaban J connectivity index is 1.42. The highest BCUT2D eigenvalue weighted by atomic mass is 19.1. The summed E-state index contributed by atoms with van der Waals surface area (Å²) in [6.45, 7) is 6.07. The molecule has 2 heterocycles. The second-order valence-electron chi connectivity index (χ2n) is 8.41. The molecule has 0 N–H and O–H groups in total. The van der Waals surface area contributed by atoms with Crippen LogP contribution in [0.15, 0.2) is 30.6 Å². The number of hydrogen-bond donors (Lipinski definition) is 0. The van der Waals surface area contributed by atoms with E-state index in [0.29, 0.717) is 31.4 Å². The highest BCUT2D eigenvalue weighted by Crippen LogP contribution is 2.29. The summed E-state index contributed by atoms with van der Waals surface area (Å²) in [5, 5.41) is 0. The van der Waals surface area contributed by atoms with E-state index in [2.05, 4.69) is 21.8 Å². The van der Waals surface area contributed by atoms with Gasteiger partial charge in [-0.3, -0.25) is 4.79 Å². The molecule has 2 aliphatic rings. The molecule has 1 saturated carbocycles. The van der Waals surface area contributed by atoms with E-state index in [1.807, 2.05) is 11.8 Å². The summed E-state index contributed by atoms with van der Waals surface area (Å²) >= 11 is 0. The number of anilines is 1. The number of ether oxygens (including phenoxy) is 1. The van der Waals surface area contributed by atoms with Crippen LogP contribution in [0.3, 0.4) is 0 Å². The predicted molar refractivity (Wildman–Crippen MR) is 113 cm³/mol. The van der Waals surface area contributed by atoms with Gasteiger partial charge < -0.3 is 14.5 Å². The van der Waals surface area contributed by atoms with E-state index in [1.54, 1.807) is 18.2 Å². The fourth-order valence-corrected chi connectivity index (χ4v) is 4.44. The summed E-state index contributed by atoms with van der Waals surface area (Å²) in [6.07, 6.45) is 7.05. The average Bonchev–Trinajstić information content (AvgIpc) is 2.76. The second-order valence-corrected chi connectivity index (χ2v) is 8.41. The SMILES string of the molecule is Cc1ccc(F)c(Oc2cc(N3CCN(C(=O)C4CCCCC4)C(C)C3)ncn2)c1. The number of halogens is 1. The van der Waals surface area contributed by atoms with Gasteiger partial charge in [0, 0.05) is 37.7 Å². The van der Waals surface area contributed by atoms with Gasteiger partial charge in [-0.25, -0.2) is 14.4 Å². The van der Waals surface area contributed by atoms with Gasteiger partial charge in [0.25, 0.3) is 0 Å². The molecule has 2 fully saturated rings. The molecule has 1 atom stereocenters. The molecular weight excluding hydrogens is 383 g/mol. The Hall–Kier alpha value is -2.70. The van der Waals surface area contributed by atoms with Gasteiger partial charge in [0.15, 0.2) is 11.6 Å². The lowest BCUT2D eigenvalue weighted by Crippen LogP contribution is -2.55. The van der Waals surface area contributed by atoms with Gasteiger partial charge in [-0.2, -0.15) is 0 Å². The zero-order valence-corrected chi connectivity index (χ0v) is 17.7. The number of piperazine rings is 1. The van der Waals surface area contributed by atoms with Crippen LogP contribution in [-0.4, -0.2) is 46.5 Å². The molecule has 6 nitrogen and oxygen atoms in total. The number of carbonyl (C=O) groups is 1. The first-order valence-electron chi connectivity index (χ1n) is 10.8. The number of carbonyl (C=O) groups excluding carboxylic acids is 1. The quantitative estimate of drug-likeness (QED) is 0.748. The third-order valence-corrected chi connectivity index (χ3v) is 6.12. The molecule has 30 heavy (non-hydrogen) atoms. The van der Waals surface area contributed by atoms with Crippen molar-refractivity contribution in [2.75, 3.05) is 24.5 Å². The van der Waals surface area contributed by atoms with E-state index in [4.69, 9.17) is 4.74 Å². The Labute approximate surface area is 177 Å². The zero-order valence-electron chi connectivity index (χ0n) is 17.7. The van der Waals surface area contributed by atoms with Gasteiger partial charge >= 0.3 is 0 Å². The van der Waals surface area contributed by atoms with Crippen molar-refractivity contribution in [3.8, 4) is 11.6 Å². The van der Waals surface area contributed by atoms with Crippen LogP contribution in [0.5, 0.6) is 11.6 Å². The van der Waals surface area contributed by atoms with Crippen LogP contribution in [0.1, 0.15) is 44.6 Å². The smallest absolute Gasteiger partial charge is 0.226 e. The summed E-state index contributed by atoms with van der Waals surface area (Å²) in [6, 6.07) is 6.57. The Kier molecular flexibility index (Phi) is 6.16. The van der Waals surface area contributed by atoms with Crippen LogP contribution >= 0.6 is 0 Å². The van der Waals surface area contributed by atoms with Crippen molar-refractivity contribution in [3.63, 3.8) is 0 Å². The molecule has 0 radical (unpaired) electrons. The molecule has 7 heteroatoms. The Bertz CT molecular complexity index is 901. The first kappa shape index (κ1) is 20.6. The summed E-state index contributed by atoms with van der Waals surface area (Å²) in [5.74, 6) is 1.25. The van der Waals surface area contributed by atoms with Crippen LogP contribution < -0.4 is 9.64 Å². The normalized spacial score (nSPS) is 20.3. The lowest BCUT2D eigenvalue weighted by molar-refractivity contribution is -0.139. The van der Waals surface area contributed by atoms with E-state index in [1.165, 1.54) is 18.8 Å². The molecule has 1 aliphatic heterocycles. The van der Waals surface area contributed by atoms with Gasteiger partial charge in [-0.1, -0.05) is 25.3 Å². The van der Waals surface area contributed by atoms with Crippen LogP contribution in [0.25, 0.3) is 0 Å². The third kappa shape index (κ3) is 4.55. The summed E-state index contributed by atoms with van der Waals surface area (Å²) in [4.78, 5) is 25.6. The van der Waals surface area contributed by atoms with Crippen molar-refractivity contribution >= 4 is 11.7 Å². The topological polar surface area (TPSA) is 58.6 Å². The Morgan fingerprint density at radius 1 is 1.13 bits per heavy atom. The maximum absolute atomic E-state index is 14.0. The lowest BCUT2D eigenvalue weighted by atomic mass is 9.88. The van der Waals surface area contributed by atoms with Crippen molar-refractivity contribution in [2.24, 2.45) is 5.92 Å². The van der Waals surface area contributed by atoms with Crippen LogP contribution in [0.2, 0.25) is 0 Å². The molecule has 1 aliphatic carbocycles. The summed E-state index contributed by atoms with van der Waals surface area (Å²) in [5.41, 5.74) is 0.910. The van der Waals surface area contributed by atoms with E-state index in [-0.39, 0.29) is 17.7 Å². The first-order chi connectivity index (χ1) is 14.5. The maximum Gasteiger partial charge on any atom is 0.226 e. The van der Waals surface area contributed by atoms with Crippen molar-refractivity contribution in [1.29, 1.82) is 0 Å². The minimum Gasteiger partial charge on any atom is -0.436 e.